The molecule has 0 amide bonds. The Balaban J connectivity index is 1.76. The smallest absolute Gasteiger partial charge is 0.0960 e. The first-order valence-electron chi connectivity index (χ1n) is 6.86. The number of rotatable bonds is 3. The van der Waals surface area contributed by atoms with Crippen molar-refractivity contribution in [3.05, 3.63) is 37.0 Å². The zero-order valence-electron chi connectivity index (χ0n) is 11.4. The summed E-state index contributed by atoms with van der Waals surface area (Å²) in [6.07, 6.45) is 5.24. The highest BCUT2D eigenvalue weighted by atomic mass is 32.1. The molecular weight excluding hydrogens is 274 g/mol. The Kier molecular flexibility index (Phi) is 3.74. The number of fused-ring (bicyclic) bond motifs is 1. The first kappa shape index (κ1) is 13.3. The summed E-state index contributed by atoms with van der Waals surface area (Å²) in [6, 6.07) is 2.22. The van der Waals surface area contributed by atoms with Crippen molar-refractivity contribution in [2.45, 2.75) is 52.1 Å². The van der Waals surface area contributed by atoms with E-state index in [4.69, 9.17) is 0 Å². The van der Waals surface area contributed by atoms with Gasteiger partial charge in [-0.15, -0.1) is 22.7 Å². The lowest BCUT2D eigenvalue weighted by Gasteiger charge is -2.08. The number of thiophene rings is 1. The second-order valence-electron chi connectivity index (χ2n) is 5.27. The molecule has 0 radical (unpaired) electrons. The summed E-state index contributed by atoms with van der Waals surface area (Å²) in [6.45, 7) is 4.12. The van der Waals surface area contributed by atoms with E-state index in [1.54, 1.807) is 22.7 Å². The average molecular weight is 293 g/mol. The van der Waals surface area contributed by atoms with Gasteiger partial charge < -0.3 is 5.11 Å². The molecular formula is C15H19NOS2. The van der Waals surface area contributed by atoms with Crippen LogP contribution in [0.3, 0.4) is 0 Å². The van der Waals surface area contributed by atoms with Gasteiger partial charge in [0.05, 0.1) is 16.8 Å². The monoisotopic (exact) mass is 293 g/mol. The molecule has 3 rings (SSSR count). The minimum atomic E-state index is -0.388. The third-order valence-corrected chi connectivity index (χ3v) is 6.22. The Labute approximate surface area is 122 Å². The van der Waals surface area contributed by atoms with Crippen LogP contribution in [0.4, 0.5) is 0 Å². The summed E-state index contributed by atoms with van der Waals surface area (Å²) < 4.78 is 0. The summed E-state index contributed by atoms with van der Waals surface area (Å²) in [4.78, 5) is 8.39. The van der Waals surface area contributed by atoms with E-state index >= 15 is 0 Å². The molecule has 1 aliphatic carbocycles. The third kappa shape index (κ3) is 2.76. The van der Waals surface area contributed by atoms with Crippen LogP contribution in [0.5, 0.6) is 0 Å². The summed E-state index contributed by atoms with van der Waals surface area (Å²) >= 11 is 3.51. The van der Waals surface area contributed by atoms with Crippen molar-refractivity contribution < 1.29 is 5.11 Å². The molecule has 1 aliphatic rings. The molecule has 2 nitrogen and oxygen atoms in total. The number of aliphatic hydroxyl groups is 1. The number of aliphatic hydroxyl groups excluding tert-OH is 1. The van der Waals surface area contributed by atoms with Gasteiger partial charge in [0.2, 0.25) is 0 Å². The Hall–Kier alpha value is -0.710. The molecule has 1 N–H and O–H groups in total. The molecule has 0 aliphatic heterocycles. The van der Waals surface area contributed by atoms with Crippen LogP contribution in [0.1, 0.15) is 49.8 Å². The lowest BCUT2D eigenvalue weighted by atomic mass is 9.99. The second kappa shape index (κ2) is 5.35. The second-order valence-corrected chi connectivity index (χ2v) is 7.73. The zero-order chi connectivity index (χ0) is 13.4. The van der Waals surface area contributed by atoms with E-state index < -0.39 is 0 Å². The Bertz CT molecular complexity index is 542. The van der Waals surface area contributed by atoms with Crippen LogP contribution < -0.4 is 0 Å². The Morgan fingerprint density at radius 3 is 2.74 bits per heavy atom. The van der Waals surface area contributed by atoms with E-state index in [2.05, 4.69) is 18.0 Å². The van der Waals surface area contributed by atoms with Crippen molar-refractivity contribution in [2.24, 2.45) is 0 Å². The third-order valence-electron chi connectivity index (χ3n) is 3.78. The summed E-state index contributed by atoms with van der Waals surface area (Å²) in [5.41, 5.74) is 2.56. The van der Waals surface area contributed by atoms with Gasteiger partial charge in [0.1, 0.15) is 0 Å². The topological polar surface area (TPSA) is 33.1 Å². The van der Waals surface area contributed by atoms with E-state index in [-0.39, 0.29) is 6.10 Å². The van der Waals surface area contributed by atoms with Crippen LogP contribution in [0, 0.1) is 13.8 Å². The van der Waals surface area contributed by atoms with Gasteiger partial charge in [-0.3, -0.25) is 0 Å². The van der Waals surface area contributed by atoms with Gasteiger partial charge in [0.25, 0.3) is 0 Å². The maximum Gasteiger partial charge on any atom is 0.0960 e. The van der Waals surface area contributed by atoms with Crippen molar-refractivity contribution in [3.63, 3.8) is 0 Å². The number of hydrogen-bond acceptors (Lipinski definition) is 4. The number of nitrogens with zero attached hydrogens (tertiary/aromatic N) is 1. The molecule has 1 atom stereocenters. The number of aromatic nitrogens is 1. The van der Waals surface area contributed by atoms with Gasteiger partial charge in [-0.25, -0.2) is 4.98 Å². The van der Waals surface area contributed by atoms with Crippen LogP contribution in [0.25, 0.3) is 0 Å². The fourth-order valence-electron chi connectivity index (χ4n) is 2.57. The van der Waals surface area contributed by atoms with Gasteiger partial charge >= 0.3 is 0 Å². The average Bonchev–Trinajstić information content (AvgIpc) is 2.93. The van der Waals surface area contributed by atoms with Gasteiger partial charge in [0.15, 0.2) is 0 Å². The van der Waals surface area contributed by atoms with Crippen molar-refractivity contribution in [1.82, 2.24) is 4.98 Å². The van der Waals surface area contributed by atoms with Crippen LogP contribution in [0.15, 0.2) is 6.07 Å². The standard InChI is InChI=1S/C15H19NOS2/c1-9-10(2)18-15(16-9)8-12(17)14-7-11-5-3-4-6-13(11)19-14/h7,12,17H,3-6,8H2,1-2H3. The molecule has 4 heteroatoms. The van der Waals surface area contributed by atoms with Crippen LogP contribution in [-0.2, 0) is 19.3 Å². The fourth-order valence-corrected chi connectivity index (χ4v) is 4.78. The molecule has 2 aromatic heterocycles. The van der Waals surface area contributed by atoms with Crippen molar-refractivity contribution in [1.29, 1.82) is 0 Å². The molecule has 0 bridgehead atoms. The molecule has 19 heavy (non-hydrogen) atoms. The SMILES string of the molecule is Cc1nc(CC(O)c2cc3c(s2)CCCC3)sc1C. The van der Waals surface area contributed by atoms with Crippen LogP contribution in [-0.4, -0.2) is 10.1 Å². The Morgan fingerprint density at radius 1 is 1.26 bits per heavy atom. The van der Waals surface area contributed by atoms with E-state index in [1.807, 2.05) is 6.92 Å². The van der Waals surface area contributed by atoms with Gasteiger partial charge in [-0.1, -0.05) is 0 Å². The summed E-state index contributed by atoms with van der Waals surface area (Å²) in [5.74, 6) is 0. The van der Waals surface area contributed by atoms with Crippen LogP contribution in [0.2, 0.25) is 0 Å². The van der Waals surface area contributed by atoms with Crippen LogP contribution >= 0.6 is 22.7 Å². The number of aryl methyl sites for hydroxylation is 4. The van der Waals surface area contributed by atoms with E-state index in [0.29, 0.717) is 6.42 Å². The molecule has 0 saturated heterocycles. The largest absolute Gasteiger partial charge is 0.387 e. The summed E-state index contributed by atoms with van der Waals surface area (Å²) in [7, 11) is 0. The number of hydrogen-bond donors (Lipinski definition) is 1. The highest BCUT2D eigenvalue weighted by Crippen LogP contribution is 2.34. The lowest BCUT2D eigenvalue weighted by Crippen LogP contribution is -1.99. The molecule has 0 saturated carbocycles. The first-order valence-corrected chi connectivity index (χ1v) is 8.49. The van der Waals surface area contributed by atoms with Crippen molar-refractivity contribution in [3.8, 4) is 0 Å². The molecule has 0 fully saturated rings. The normalized spacial score (nSPS) is 16.4. The van der Waals surface area contributed by atoms with Gasteiger partial charge in [-0.2, -0.15) is 0 Å². The Morgan fingerprint density at radius 2 is 2.05 bits per heavy atom. The highest BCUT2D eigenvalue weighted by Gasteiger charge is 2.19. The van der Waals surface area contributed by atoms with Gasteiger partial charge in [-0.05, 0) is 51.2 Å². The maximum atomic E-state index is 10.4. The van der Waals surface area contributed by atoms with E-state index in [1.165, 1.54) is 41.0 Å². The highest BCUT2D eigenvalue weighted by molar-refractivity contribution is 7.12. The minimum absolute atomic E-state index is 0.388. The molecule has 0 spiro atoms. The maximum absolute atomic E-state index is 10.4. The van der Waals surface area contributed by atoms with Crippen molar-refractivity contribution in [2.75, 3.05) is 0 Å². The molecule has 0 aromatic carbocycles. The van der Waals surface area contributed by atoms with E-state index in [0.717, 1.165) is 15.6 Å². The predicted molar refractivity (Wildman–Crippen MR) is 81.2 cm³/mol. The van der Waals surface area contributed by atoms with E-state index in [9.17, 15) is 5.11 Å². The first-order chi connectivity index (χ1) is 9.13. The zero-order valence-corrected chi connectivity index (χ0v) is 13.0. The predicted octanol–water partition coefficient (Wildman–Crippen LogP) is 3.98. The number of thiazole rings is 1. The lowest BCUT2D eigenvalue weighted by molar-refractivity contribution is 0.182. The molecule has 2 heterocycles. The van der Waals surface area contributed by atoms with Crippen molar-refractivity contribution >= 4 is 22.7 Å². The summed E-state index contributed by atoms with van der Waals surface area (Å²) in [5, 5.41) is 11.5. The minimum Gasteiger partial charge on any atom is -0.387 e. The molecule has 2 aromatic rings. The fraction of sp³-hybridized carbons (Fsp3) is 0.533. The molecule has 1 unspecified atom stereocenters. The molecule has 102 valence electrons. The van der Waals surface area contributed by atoms with Gasteiger partial charge in [0, 0.05) is 21.1 Å². The quantitative estimate of drug-likeness (QED) is 0.928.